The van der Waals surface area contributed by atoms with E-state index >= 15 is 0 Å². The van der Waals surface area contributed by atoms with Gasteiger partial charge in [0.25, 0.3) is 6.43 Å². The second-order valence-corrected chi connectivity index (χ2v) is 5.18. The number of nitrogens with one attached hydrogen (secondary N) is 2. The molecule has 0 aliphatic rings. The summed E-state index contributed by atoms with van der Waals surface area (Å²) < 4.78 is 31.9. The lowest BCUT2D eigenvalue weighted by atomic mass is 10.1. The van der Waals surface area contributed by atoms with E-state index in [0.717, 1.165) is 17.1 Å². The van der Waals surface area contributed by atoms with Crippen molar-refractivity contribution in [2.45, 2.75) is 12.8 Å². The van der Waals surface area contributed by atoms with Crippen LogP contribution in [0.2, 0.25) is 0 Å². The first-order valence-electron chi connectivity index (χ1n) is 5.88. The maximum Gasteiger partial charge on any atom is 0.272 e. The number of halogens is 2. The van der Waals surface area contributed by atoms with Gasteiger partial charge in [-0.2, -0.15) is 4.98 Å². The Morgan fingerprint density at radius 1 is 1.43 bits per heavy atom. The quantitative estimate of drug-likeness (QED) is 0.799. The van der Waals surface area contributed by atoms with E-state index in [2.05, 4.69) is 14.7 Å². The monoisotopic (exact) mass is 331 g/mol. The van der Waals surface area contributed by atoms with Crippen LogP contribution in [-0.4, -0.2) is 28.3 Å². The molecule has 1 heterocycles. The Bertz CT molecular complexity index is 655. The molecule has 0 aliphatic carbocycles. The Kier molecular flexibility index (Phi) is 5.34. The van der Waals surface area contributed by atoms with E-state index in [0.29, 0.717) is 15.7 Å². The minimum absolute atomic E-state index is 0.140. The number of aromatic nitrogens is 2. The van der Waals surface area contributed by atoms with Crippen LogP contribution >= 0.6 is 23.8 Å². The predicted octanol–water partition coefficient (Wildman–Crippen LogP) is 3.03. The summed E-state index contributed by atoms with van der Waals surface area (Å²) in [5.41, 5.74) is 0.732. The summed E-state index contributed by atoms with van der Waals surface area (Å²) in [6, 6.07) is 6.38. The number of benzene rings is 1. The van der Waals surface area contributed by atoms with Crippen LogP contribution < -0.4 is 10.1 Å². The maximum absolute atomic E-state index is 12.0. The van der Waals surface area contributed by atoms with E-state index in [1.54, 1.807) is 24.3 Å². The van der Waals surface area contributed by atoms with Gasteiger partial charge in [0.15, 0.2) is 0 Å². The first-order chi connectivity index (χ1) is 10.0. The average Bonchev–Trinajstić information content (AvgIpc) is 2.83. The molecule has 2 rings (SSSR count). The van der Waals surface area contributed by atoms with Crippen LogP contribution in [0.1, 0.15) is 5.56 Å². The van der Waals surface area contributed by atoms with Crippen LogP contribution in [0.4, 0.5) is 13.9 Å². The molecule has 0 saturated carbocycles. The second kappa shape index (κ2) is 7.23. The number of hydrogen-bond acceptors (Lipinski definition) is 5. The van der Waals surface area contributed by atoms with Gasteiger partial charge in [-0.05, 0) is 41.4 Å². The molecule has 5 nitrogen and oxygen atoms in total. The van der Waals surface area contributed by atoms with Crippen LogP contribution in [0.25, 0.3) is 0 Å². The number of nitrogens with zero attached hydrogens (tertiary/aromatic N) is 1. The smallest absolute Gasteiger partial charge is 0.272 e. The Balaban J connectivity index is 1.87. The van der Waals surface area contributed by atoms with Gasteiger partial charge in [0.1, 0.15) is 12.4 Å². The minimum atomic E-state index is -2.51. The highest BCUT2D eigenvalue weighted by atomic mass is 32.1. The molecule has 1 aromatic heterocycles. The van der Waals surface area contributed by atoms with Crippen LogP contribution in [-0.2, 0) is 11.2 Å². The van der Waals surface area contributed by atoms with Crippen molar-refractivity contribution in [2.75, 3.05) is 11.9 Å². The van der Waals surface area contributed by atoms with Crippen molar-refractivity contribution in [3.8, 4) is 5.75 Å². The van der Waals surface area contributed by atoms with Gasteiger partial charge >= 0.3 is 0 Å². The fourth-order valence-corrected chi connectivity index (χ4v) is 2.30. The van der Waals surface area contributed by atoms with E-state index < -0.39 is 13.0 Å². The third kappa shape index (κ3) is 5.20. The van der Waals surface area contributed by atoms with Gasteiger partial charge in [0.2, 0.25) is 15.8 Å². The largest absolute Gasteiger partial charge is 0.488 e. The molecule has 0 saturated heterocycles. The van der Waals surface area contributed by atoms with Crippen molar-refractivity contribution in [3.05, 3.63) is 34.6 Å². The van der Waals surface area contributed by atoms with E-state index in [1.807, 2.05) is 0 Å². The third-order valence-corrected chi connectivity index (χ3v) is 3.35. The Hall–Kier alpha value is -1.87. The molecule has 0 spiro atoms. The highest BCUT2D eigenvalue weighted by Gasteiger charge is 2.07. The lowest BCUT2D eigenvalue weighted by Crippen LogP contribution is -2.14. The van der Waals surface area contributed by atoms with Crippen LogP contribution in [0.15, 0.2) is 24.3 Å². The molecule has 2 N–H and O–H groups in total. The van der Waals surface area contributed by atoms with Gasteiger partial charge in [-0.3, -0.25) is 9.17 Å². The molecule has 112 valence electrons. The van der Waals surface area contributed by atoms with Crippen molar-refractivity contribution in [2.24, 2.45) is 0 Å². The molecule has 0 unspecified atom stereocenters. The number of amides is 1. The van der Waals surface area contributed by atoms with E-state index in [-0.39, 0.29) is 12.3 Å². The van der Waals surface area contributed by atoms with Gasteiger partial charge in [-0.1, -0.05) is 12.1 Å². The average molecular weight is 331 g/mol. The van der Waals surface area contributed by atoms with Crippen molar-refractivity contribution >= 4 is 34.8 Å². The predicted molar refractivity (Wildman–Crippen MR) is 77.6 cm³/mol. The molecule has 0 fully saturated rings. The minimum Gasteiger partial charge on any atom is -0.488 e. The van der Waals surface area contributed by atoms with Crippen molar-refractivity contribution < 1.29 is 18.3 Å². The summed E-state index contributed by atoms with van der Waals surface area (Å²) in [4.78, 5) is 15.7. The Morgan fingerprint density at radius 2 is 2.14 bits per heavy atom. The van der Waals surface area contributed by atoms with Crippen LogP contribution in [0.3, 0.4) is 0 Å². The number of carbonyl (C=O) groups is 1. The zero-order valence-electron chi connectivity index (χ0n) is 10.6. The number of rotatable bonds is 6. The summed E-state index contributed by atoms with van der Waals surface area (Å²) in [6.45, 7) is -0.649. The van der Waals surface area contributed by atoms with Crippen LogP contribution in [0.5, 0.6) is 5.75 Å². The number of H-pyrrole nitrogens is 1. The number of aromatic amines is 1. The normalized spacial score (nSPS) is 10.6. The standard InChI is InChI=1S/C12H11F2N3O2S2/c13-9(14)6-19-8-3-1-7(2-4-8)5-10(18)15-12-16-11(20)17-21-12/h1-4,9H,5-6H2,(H2,15,16,17,18,20). The molecular formula is C12H11F2N3O2S2. The molecule has 0 radical (unpaired) electrons. The highest BCUT2D eigenvalue weighted by Crippen LogP contribution is 2.14. The molecule has 9 heteroatoms. The summed E-state index contributed by atoms with van der Waals surface area (Å²) in [5, 5.41) is 3.01. The number of carbonyl (C=O) groups excluding carboxylic acids is 1. The molecule has 1 aromatic carbocycles. The molecule has 0 aliphatic heterocycles. The Labute approximate surface area is 128 Å². The molecular weight excluding hydrogens is 320 g/mol. The van der Waals surface area contributed by atoms with E-state index in [1.165, 1.54) is 0 Å². The van der Waals surface area contributed by atoms with Crippen molar-refractivity contribution in [1.82, 2.24) is 9.36 Å². The number of ether oxygens (including phenoxy) is 1. The Morgan fingerprint density at radius 3 is 2.71 bits per heavy atom. The maximum atomic E-state index is 12.0. The summed E-state index contributed by atoms with van der Waals surface area (Å²) in [5.74, 6) is 0.0960. The van der Waals surface area contributed by atoms with Crippen molar-refractivity contribution in [3.63, 3.8) is 0 Å². The van der Waals surface area contributed by atoms with E-state index in [4.69, 9.17) is 17.0 Å². The van der Waals surface area contributed by atoms with Gasteiger partial charge in [-0.15, -0.1) is 0 Å². The molecule has 21 heavy (non-hydrogen) atoms. The first kappa shape index (κ1) is 15.5. The van der Waals surface area contributed by atoms with E-state index in [9.17, 15) is 13.6 Å². The fraction of sp³-hybridized carbons (Fsp3) is 0.250. The lowest BCUT2D eigenvalue weighted by molar-refractivity contribution is -0.115. The van der Waals surface area contributed by atoms with Gasteiger partial charge < -0.3 is 10.1 Å². The number of anilines is 1. The fourth-order valence-electron chi connectivity index (χ4n) is 1.49. The van der Waals surface area contributed by atoms with Crippen LogP contribution in [0, 0.1) is 4.77 Å². The zero-order chi connectivity index (χ0) is 15.2. The second-order valence-electron chi connectivity index (χ2n) is 4.00. The molecule has 0 bridgehead atoms. The summed E-state index contributed by atoms with van der Waals surface area (Å²) >= 11 is 5.93. The van der Waals surface area contributed by atoms with Crippen molar-refractivity contribution in [1.29, 1.82) is 0 Å². The summed E-state index contributed by atoms with van der Waals surface area (Å²) in [6.07, 6.45) is -2.37. The number of hydrogen-bond donors (Lipinski definition) is 2. The molecule has 2 aromatic rings. The van der Waals surface area contributed by atoms with Gasteiger partial charge in [0.05, 0.1) is 6.42 Å². The third-order valence-electron chi connectivity index (χ3n) is 2.35. The lowest BCUT2D eigenvalue weighted by Gasteiger charge is -2.06. The topological polar surface area (TPSA) is 67.0 Å². The van der Waals surface area contributed by atoms with Gasteiger partial charge in [-0.25, -0.2) is 8.78 Å². The molecule has 1 amide bonds. The highest BCUT2D eigenvalue weighted by molar-refractivity contribution is 7.71. The first-order valence-corrected chi connectivity index (χ1v) is 7.10. The van der Waals surface area contributed by atoms with Gasteiger partial charge in [0, 0.05) is 0 Å². The molecule has 0 atom stereocenters. The summed E-state index contributed by atoms with van der Waals surface area (Å²) in [7, 11) is 0. The SMILES string of the molecule is O=C(Cc1ccc(OCC(F)F)cc1)Nc1nc(=S)[nH]s1. The zero-order valence-corrected chi connectivity index (χ0v) is 12.3. The number of alkyl halides is 2.